The zero-order chi connectivity index (χ0) is 15.0. The minimum absolute atomic E-state index is 0.139. The summed E-state index contributed by atoms with van der Waals surface area (Å²) in [5, 5.41) is 0. The third kappa shape index (κ3) is 3.07. The molecule has 3 fully saturated rings. The van der Waals surface area contributed by atoms with E-state index in [1.54, 1.807) is 0 Å². The molecule has 3 aliphatic rings. The molecule has 3 rings (SSSR count). The van der Waals surface area contributed by atoms with E-state index >= 15 is 0 Å². The number of ether oxygens (including phenoxy) is 1. The SMILES string of the molecule is CC1(C)CN(C(=O)C2CC(=O)N(C3CCCC3)C2)CCO1. The summed E-state index contributed by atoms with van der Waals surface area (Å²) in [7, 11) is 0. The van der Waals surface area contributed by atoms with Gasteiger partial charge in [0.25, 0.3) is 0 Å². The maximum atomic E-state index is 12.7. The molecule has 0 bridgehead atoms. The van der Waals surface area contributed by atoms with E-state index in [-0.39, 0.29) is 23.3 Å². The van der Waals surface area contributed by atoms with Gasteiger partial charge in [0.15, 0.2) is 0 Å². The minimum Gasteiger partial charge on any atom is -0.372 e. The lowest BCUT2D eigenvalue weighted by molar-refractivity contribution is -0.149. The highest BCUT2D eigenvalue weighted by molar-refractivity contribution is 5.89. The number of hydrogen-bond donors (Lipinski definition) is 0. The van der Waals surface area contributed by atoms with E-state index in [1.165, 1.54) is 12.8 Å². The Kier molecular flexibility index (Phi) is 3.95. The van der Waals surface area contributed by atoms with Crippen LogP contribution < -0.4 is 0 Å². The van der Waals surface area contributed by atoms with Gasteiger partial charge in [-0.05, 0) is 26.7 Å². The van der Waals surface area contributed by atoms with Crippen LogP contribution in [0.3, 0.4) is 0 Å². The minimum atomic E-state index is -0.276. The molecule has 1 atom stereocenters. The smallest absolute Gasteiger partial charge is 0.228 e. The van der Waals surface area contributed by atoms with E-state index in [2.05, 4.69) is 0 Å². The van der Waals surface area contributed by atoms with E-state index in [9.17, 15) is 9.59 Å². The molecular weight excluding hydrogens is 268 g/mol. The highest BCUT2D eigenvalue weighted by atomic mass is 16.5. The van der Waals surface area contributed by atoms with Crippen molar-refractivity contribution in [2.75, 3.05) is 26.2 Å². The van der Waals surface area contributed by atoms with Crippen LogP contribution in [0.5, 0.6) is 0 Å². The number of morpholine rings is 1. The molecule has 2 heterocycles. The summed E-state index contributed by atoms with van der Waals surface area (Å²) in [5.74, 6) is 0.167. The van der Waals surface area contributed by atoms with Gasteiger partial charge in [-0.15, -0.1) is 0 Å². The van der Waals surface area contributed by atoms with Gasteiger partial charge in [-0.25, -0.2) is 0 Å². The molecule has 0 aromatic carbocycles. The maximum Gasteiger partial charge on any atom is 0.228 e. The Hall–Kier alpha value is -1.10. The van der Waals surface area contributed by atoms with E-state index in [0.29, 0.717) is 38.7 Å². The van der Waals surface area contributed by atoms with Crippen molar-refractivity contribution in [3.63, 3.8) is 0 Å². The second-order valence-corrected chi connectivity index (χ2v) is 7.25. The summed E-state index contributed by atoms with van der Waals surface area (Å²) in [6.45, 7) is 6.51. The Balaban J connectivity index is 1.62. The fourth-order valence-corrected chi connectivity index (χ4v) is 3.93. The highest BCUT2D eigenvalue weighted by Gasteiger charge is 2.41. The largest absolute Gasteiger partial charge is 0.372 e. The molecule has 2 amide bonds. The Bertz CT molecular complexity index is 429. The van der Waals surface area contributed by atoms with Crippen LogP contribution in [-0.2, 0) is 14.3 Å². The zero-order valence-electron chi connectivity index (χ0n) is 13.1. The van der Waals surface area contributed by atoms with Crippen molar-refractivity contribution in [2.45, 2.75) is 57.6 Å². The average Bonchev–Trinajstić information content (AvgIpc) is 3.05. The number of nitrogens with zero attached hydrogens (tertiary/aromatic N) is 2. The van der Waals surface area contributed by atoms with Crippen molar-refractivity contribution >= 4 is 11.8 Å². The predicted molar refractivity (Wildman–Crippen MR) is 78.7 cm³/mol. The van der Waals surface area contributed by atoms with Crippen molar-refractivity contribution in [3.05, 3.63) is 0 Å². The number of carbonyl (C=O) groups is 2. The molecule has 21 heavy (non-hydrogen) atoms. The fraction of sp³-hybridized carbons (Fsp3) is 0.875. The molecule has 118 valence electrons. The number of likely N-dealkylation sites (tertiary alicyclic amines) is 1. The van der Waals surface area contributed by atoms with Gasteiger partial charge in [0, 0.05) is 32.1 Å². The number of hydrogen-bond acceptors (Lipinski definition) is 3. The summed E-state index contributed by atoms with van der Waals surface area (Å²) in [5.41, 5.74) is -0.276. The fourth-order valence-electron chi connectivity index (χ4n) is 3.93. The molecule has 0 radical (unpaired) electrons. The van der Waals surface area contributed by atoms with Gasteiger partial charge in [-0.2, -0.15) is 0 Å². The highest BCUT2D eigenvalue weighted by Crippen LogP contribution is 2.30. The Labute approximate surface area is 126 Å². The summed E-state index contributed by atoms with van der Waals surface area (Å²) >= 11 is 0. The van der Waals surface area contributed by atoms with Crippen LogP contribution in [0.25, 0.3) is 0 Å². The van der Waals surface area contributed by atoms with Crippen molar-refractivity contribution in [2.24, 2.45) is 5.92 Å². The molecule has 0 aromatic heterocycles. The molecular formula is C16H26N2O3. The number of amides is 2. The lowest BCUT2D eigenvalue weighted by Gasteiger charge is -2.39. The van der Waals surface area contributed by atoms with Crippen LogP contribution in [0.4, 0.5) is 0 Å². The lowest BCUT2D eigenvalue weighted by Crippen LogP contribution is -2.52. The topological polar surface area (TPSA) is 49.9 Å². The molecule has 1 aliphatic carbocycles. The molecule has 0 N–H and O–H groups in total. The van der Waals surface area contributed by atoms with Crippen molar-refractivity contribution in [3.8, 4) is 0 Å². The summed E-state index contributed by atoms with van der Waals surface area (Å²) in [4.78, 5) is 28.8. The van der Waals surface area contributed by atoms with Gasteiger partial charge in [0.1, 0.15) is 0 Å². The van der Waals surface area contributed by atoms with Gasteiger partial charge in [0.2, 0.25) is 11.8 Å². The molecule has 2 saturated heterocycles. The van der Waals surface area contributed by atoms with Crippen molar-refractivity contribution < 1.29 is 14.3 Å². The van der Waals surface area contributed by atoms with Gasteiger partial charge in [0.05, 0.1) is 18.1 Å². The van der Waals surface area contributed by atoms with Gasteiger partial charge < -0.3 is 14.5 Å². The summed E-state index contributed by atoms with van der Waals surface area (Å²) < 4.78 is 5.66. The first-order valence-electron chi connectivity index (χ1n) is 8.18. The Morgan fingerprint density at radius 2 is 2.00 bits per heavy atom. The zero-order valence-corrected chi connectivity index (χ0v) is 13.1. The summed E-state index contributed by atoms with van der Waals surface area (Å²) in [6, 6.07) is 0.386. The first kappa shape index (κ1) is 14.8. The summed E-state index contributed by atoms with van der Waals surface area (Å²) in [6.07, 6.45) is 5.04. The third-order valence-corrected chi connectivity index (χ3v) is 5.01. The molecule has 5 nitrogen and oxygen atoms in total. The molecule has 2 aliphatic heterocycles. The van der Waals surface area contributed by atoms with Crippen molar-refractivity contribution in [1.29, 1.82) is 0 Å². The van der Waals surface area contributed by atoms with Crippen LogP contribution in [0.2, 0.25) is 0 Å². The monoisotopic (exact) mass is 294 g/mol. The van der Waals surface area contributed by atoms with Gasteiger partial charge in [-0.1, -0.05) is 12.8 Å². The predicted octanol–water partition coefficient (Wildman–Crippen LogP) is 1.41. The van der Waals surface area contributed by atoms with E-state index in [1.807, 2.05) is 23.6 Å². The van der Waals surface area contributed by atoms with Crippen LogP contribution in [0.15, 0.2) is 0 Å². The van der Waals surface area contributed by atoms with Crippen molar-refractivity contribution in [1.82, 2.24) is 9.80 Å². The number of carbonyl (C=O) groups excluding carboxylic acids is 2. The lowest BCUT2D eigenvalue weighted by atomic mass is 10.0. The molecule has 5 heteroatoms. The standard InChI is InChI=1S/C16H26N2O3/c1-16(2)11-17(7-8-21-16)15(20)12-9-14(19)18(10-12)13-5-3-4-6-13/h12-13H,3-11H2,1-2H3. The maximum absolute atomic E-state index is 12.7. The number of rotatable bonds is 2. The second-order valence-electron chi connectivity index (χ2n) is 7.25. The van der Waals surface area contributed by atoms with Crippen LogP contribution >= 0.6 is 0 Å². The Morgan fingerprint density at radius 1 is 1.29 bits per heavy atom. The first-order chi connectivity index (χ1) is 9.96. The molecule has 1 unspecified atom stereocenters. The quantitative estimate of drug-likeness (QED) is 0.774. The molecule has 0 aromatic rings. The second kappa shape index (κ2) is 5.59. The normalized spacial score (nSPS) is 30.2. The molecule has 1 saturated carbocycles. The molecule has 0 spiro atoms. The van der Waals surface area contributed by atoms with E-state index in [0.717, 1.165) is 12.8 Å². The van der Waals surface area contributed by atoms with Crippen LogP contribution in [0, 0.1) is 5.92 Å². The van der Waals surface area contributed by atoms with Gasteiger partial charge >= 0.3 is 0 Å². The average molecular weight is 294 g/mol. The van der Waals surface area contributed by atoms with Gasteiger partial charge in [-0.3, -0.25) is 9.59 Å². The van der Waals surface area contributed by atoms with E-state index in [4.69, 9.17) is 4.74 Å². The third-order valence-electron chi connectivity index (χ3n) is 5.01. The van der Waals surface area contributed by atoms with E-state index < -0.39 is 0 Å². The first-order valence-corrected chi connectivity index (χ1v) is 8.18. The Morgan fingerprint density at radius 3 is 2.67 bits per heavy atom. The van der Waals surface area contributed by atoms with Crippen LogP contribution in [-0.4, -0.2) is 59.5 Å². The van der Waals surface area contributed by atoms with Crippen LogP contribution in [0.1, 0.15) is 46.0 Å².